The van der Waals surface area contributed by atoms with Gasteiger partial charge in [-0.3, -0.25) is 0 Å². The minimum atomic E-state index is -1.51. The molecule has 16 heavy (non-hydrogen) atoms. The van der Waals surface area contributed by atoms with E-state index >= 15 is 0 Å². The van der Waals surface area contributed by atoms with Crippen molar-refractivity contribution in [3.05, 3.63) is 52.3 Å². The maximum absolute atomic E-state index is 10.5. The molecule has 0 saturated heterocycles. The first-order valence-electron chi connectivity index (χ1n) is 4.68. The molecule has 1 aromatic rings. The van der Waals surface area contributed by atoms with Gasteiger partial charge >= 0.3 is 5.97 Å². The van der Waals surface area contributed by atoms with Gasteiger partial charge in [0.2, 0.25) is 5.70 Å². The first-order chi connectivity index (χ1) is 7.65. The monoisotopic (exact) mass is 221 g/mol. The van der Waals surface area contributed by atoms with E-state index in [1.807, 2.05) is 30.3 Å². The number of nitrogens with zero attached hydrogens (tertiary/aromatic N) is 1. The van der Waals surface area contributed by atoms with Crippen molar-refractivity contribution in [3.63, 3.8) is 0 Å². The van der Waals surface area contributed by atoms with Gasteiger partial charge in [0.15, 0.2) is 0 Å². The first-order valence-corrected chi connectivity index (χ1v) is 4.68. The number of aliphatic hydroxyl groups excluding tert-OH is 1. The summed E-state index contributed by atoms with van der Waals surface area (Å²) in [5.74, 6) is -2.01. The van der Waals surface area contributed by atoms with Crippen LogP contribution in [0.15, 0.2) is 47.0 Å². The Labute approximate surface area is 92.0 Å². The van der Waals surface area contributed by atoms with Gasteiger partial charge in [-0.2, -0.15) is 0 Å². The number of carboxylic acids is 1. The topological polar surface area (TPSA) is 87.0 Å². The van der Waals surface area contributed by atoms with E-state index in [-0.39, 0.29) is 6.42 Å². The lowest BCUT2D eigenvalue weighted by Crippen LogP contribution is -2.02. The van der Waals surface area contributed by atoms with Crippen LogP contribution in [0.5, 0.6) is 0 Å². The molecular formula is C11H11NO4. The van der Waals surface area contributed by atoms with Gasteiger partial charge in [-0.1, -0.05) is 30.3 Å². The van der Waals surface area contributed by atoms with E-state index in [9.17, 15) is 14.8 Å². The highest BCUT2D eigenvalue weighted by Gasteiger charge is 2.14. The summed E-state index contributed by atoms with van der Waals surface area (Å²) in [7, 11) is 0. The molecule has 2 N–H and O–H groups in total. The molecule has 5 heteroatoms. The van der Waals surface area contributed by atoms with Crippen molar-refractivity contribution in [2.75, 3.05) is 0 Å². The van der Waals surface area contributed by atoms with E-state index in [4.69, 9.17) is 5.11 Å². The number of benzene rings is 1. The van der Waals surface area contributed by atoms with Crippen LogP contribution in [0.3, 0.4) is 0 Å². The molecular weight excluding hydrogens is 210 g/mol. The van der Waals surface area contributed by atoms with Crippen LogP contribution in [0.2, 0.25) is 0 Å². The zero-order valence-corrected chi connectivity index (χ0v) is 8.46. The molecule has 0 heterocycles. The Morgan fingerprint density at radius 1 is 1.19 bits per heavy atom. The maximum Gasteiger partial charge on any atom is 0.361 e. The molecule has 0 aromatic heterocycles. The van der Waals surface area contributed by atoms with Gasteiger partial charge in [-0.25, -0.2) is 4.79 Å². The van der Waals surface area contributed by atoms with Gasteiger partial charge < -0.3 is 10.2 Å². The molecule has 0 atom stereocenters. The Hall–Kier alpha value is -2.17. The summed E-state index contributed by atoms with van der Waals surface area (Å²) in [6.45, 7) is 0. The fourth-order valence-electron chi connectivity index (χ4n) is 1.24. The predicted octanol–water partition coefficient (Wildman–Crippen LogP) is 2.24. The number of aliphatic carboxylic acids is 1. The number of carboxylic acid groups (broad SMARTS) is 1. The van der Waals surface area contributed by atoms with Crippen molar-refractivity contribution < 1.29 is 15.0 Å². The van der Waals surface area contributed by atoms with Crippen molar-refractivity contribution >= 4 is 5.97 Å². The van der Waals surface area contributed by atoms with Gasteiger partial charge in [-0.15, -0.1) is 4.91 Å². The van der Waals surface area contributed by atoms with Crippen LogP contribution in [0.1, 0.15) is 12.0 Å². The molecule has 0 aliphatic heterocycles. The number of hydrogen-bond donors (Lipinski definition) is 2. The standard InChI is InChI=1S/C11H11NO4/c13-9(10(12-16)11(14)15)7-6-8-4-2-1-3-5-8/h1-5,13H,6-7H2,(H,14,15). The number of allylic oxidation sites excluding steroid dienone is 1. The Morgan fingerprint density at radius 3 is 2.31 bits per heavy atom. The normalized spacial score (nSPS) is 11.8. The largest absolute Gasteiger partial charge is 0.510 e. The molecule has 0 aliphatic carbocycles. The van der Waals surface area contributed by atoms with Crippen LogP contribution in [-0.2, 0) is 11.2 Å². The second-order valence-corrected chi connectivity index (χ2v) is 3.18. The van der Waals surface area contributed by atoms with Crippen molar-refractivity contribution in [1.29, 1.82) is 0 Å². The molecule has 5 nitrogen and oxygen atoms in total. The molecule has 0 aliphatic rings. The fraction of sp³-hybridized carbons (Fsp3) is 0.182. The SMILES string of the molecule is O=NC(C(=O)O)=C(O)CCc1ccccc1. The molecule has 0 bridgehead atoms. The minimum absolute atomic E-state index is 0.0807. The Kier molecular flexibility index (Phi) is 4.20. The summed E-state index contributed by atoms with van der Waals surface area (Å²) in [6, 6.07) is 9.23. The third-order valence-corrected chi connectivity index (χ3v) is 2.06. The lowest BCUT2D eigenvalue weighted by Gasteiger charge is -2.01. The molecule has 0 spiro atoms. The smallest absolute Gasteiger partial charge is 0.361 e. The van der Waals surface area contributed by atoms with E-state index in [2.05, 4.69) is 5.18 Å². The highest BCUT2D eigenvalue weighted by molar-refractivity contribution is 5.86. The van der Waals surface area contributed by atoms with Crippen molar-refractivity contribution in [3.8, 4) is 0 Å². The predicted molar refractivity (Wildman–Crippen MR) is 57.8 cm³/mol. The van der Waals surface area contributed by atoms with Crippen molar-refractivity contribution in [2.24, 2.45) is 5.18 Å². The molecule has 1 aromatic carbocycles. The van der Waals surface area contributed by atoms with Gasteiger partial charge in [0, 0.05) is 6.42 Å². The molecule has 0 amide bonds. The second kappa shape index (κ2) is 5.65. The van der Waals surface area contributed by atoms with Crippen molar-refractivity contribution in [2.45, 2.75) is 12.8 Å². The van der Waals surface area contributed by atoms with Gasteiger partial charge in [0.05, 0.1) is 0 Å². The van der Waals surface area contributed by atoms with Gasteiger partial charge in [-0.05, 0) is 17.2 Å². The van der Waals surface area contributed by atoms with Crippen LogP contribution >= 0.6 is 0 Å². The second-order valence-electron chi connectivity index (χ2n) is 3.18. The third kappa shape index (κ3) is 3.20. The maximum atomic E-state index is 10.5. The lowest BCUT2D eigenvalue weighted by atomic mass is 10.1. The van der Waals surface area contributed by atoms with Crippen LogP contribution in [-0.4, -0.2) is 16.2 Å². The third-order valence-electron chi connectivity index (χ3n) is 2.06. The molecule has 1 rings (SSSR count). The number of aliphatic hydroxyl groups is 1. The summed E-state index contributed by atoms with van der Waals surface area (Å²) in [6.07, 6.45) is 0.538. The van der Waals surface area contributed by atoms with Crippen LogP contribution in [0.4, 0.5) is 0 Å². The first kappa shape index (κ1) is 11.9. The average molecular weight is 221 g/mol. The van der Waals surface area contributed by atoms with Gasteiger partial charge in [0.1, 0.15) is 5.76 Å². The summed E-state index contributed by atoms with van der Waals surface area (Å²) in [5, 5.41) is 20.2. The zero-order chi connectivity index (χ0) is 12.0. The summed E-state index contributed by atoms with van der Waals surface area (Å²) in [5.41, 5.74) is 0.126. The average Bonchev–Trinajstić information content (AvgIpc) is 2.28. The minimum Gasteiger partial charge on any atom is -0.510 e. The highest BCUT2D eigenvalue weighted by Crippen LogP contribution is 2.11. The highest BCUT2D eigenvalue weighted by atomic mass is 16.4. The van der Waals surface area contributed by atoms with E-state index < -0.39 is 17.4 Å². The molecule has 0 fully saturated rings. The van der Waals surface area contributed by atoms with Gasteiger partial charge in [0.25, 0.3) is 0 Å². The number of nitroso groups, excluding NO2 is 1. The van der Waals surface area contributed by atoms with Crippen LogP contribution in [0.25, 0.3) is 0 Å². The number of aryl methyl sites for hydroxylation is 1. The number of rotatable bonds is 5. The zero-order valence-electron chi connectivity index (χ0n) is 8.46. The summed E-state index contributed by atoms with van der Waals surface area (Å²) >= 11 is 0. The molecule has 0 radical (unpaired) electrons. The van der Waals surface area contributed by atoms with Crippen molar-refractivity contribution in [1.82, 2.24) is 0 Å². The summed E-state index contributed by atoms with van der Waals surface area (Å²) in [4.78, 5) is 20.6. The quantitative estimate of drug-likeness (QED) is 0.453. The van der Waals surface area contributed by atoms with E-state index in [0.29, 0.717) is 6.42 Å². The Morgan fingerprint density at radius 2 is 1.81 bits per heavy atom. The Bertz CT molecular complexity index is 411. The lowest BCUT2D eigenvalue weighted by molar-refractivity contribution is -0.132. The van der Waals surface area contributed by atoms with Crippen LogP contribution < -0.4 is 0 Å². The van der Waals surface area contributed by atoms with E-state index in [1.165, 1.54) is 0 Å². The van der Waals surface area contributed by atoms with E-state index in [0.717, 1.165) is 5.56 Å². The summed E-state index contributed by atoms with van der Waals surface area (Å²) < 4.78 is 0. The molecule has 0 saturated carbocycles. The number of carbonyl (C=O) groups is 1. The number of hydrogen-bond acceptors (Lipinski definition) is 4. The molecule has 0 unspecified atom stereocenters. The fourth-order valence-corrected chi connectivity index (χ4v) is 1.24. The van der Waals surface area contributed by atoms with E-state index in [1.54, 1.807) is 0 Å². The van der Waals surface area contributed by atoms with Crippen LogP contribution in [0, 0.1) is 4.91 Å². The molecule has 84 valence electrons. The Balaban J connectivity index is 2.68.